The first-order valence-electron chi connectivity index (χ1n) is 8.69. The van der Waals surface area contributed by atoms with E-state index in [1.165, 1.54) is 11.8 Å². The van der Waals surface area contributed by atoms with Gasteiger partial charge >= 0.3 is 0 Å². The van der Waals surface area contributed by atoms with E-state index >= 15 is 0 Å². The topological polar surface area (TPSA) is 82.3 Å². The van der Waals surface area contributed by atoms with Gasteiger partial charge in [0.05, 0.1) is 23.1 Å². The molecule has 1 atom stereocenters. The average molecular weight is 374 g/mol. The van der Waals surface area contributed by atoms with Crippen LogP contribution in [0.5, 0.6) is 0 Å². The maximum absolute atomic E-state index is 13.2. The van der Waals surface area contributed by atoms with E-state index < -0.39 is 11.0 Å². The van der Waals surface area contributed by atoms with Gasteiger partial charge in [-0.2, -0.15) is 5.26 Å². The fourth-order valence-electron chi connectivity index (χ4n) is 2.97. The van der Waals surface area contributed by atoms with Crippen molar-refractivity contribution in [3.63, 3.8) is 0 Å². The van der Waals surface area contributed by atoms with E-state index in [1.807, 2.05) is 41.5 Å². The van der Waals surface area contributed by atoms with Crippen LogP contribution in [0, 0.1) is 16.7 Å². The largest absolute Gasteiger partial charge is 0.321 e. The molecule has 1 N–H and O–H groups in total. The monoisotopic (exact) mass is 373 g/mol. The van der Waals surface area contributed by atoms with Crippen molar-refractivity contribution < 1.29 is 9.59 Å². The molecule has 0 aromatic carbocycles. The van der Waals surface area contributed by atoms with Crippen LogP contribution in [0.3, 0.4) is 0 Å². The van der Waals surface area contributed by atoms with Gasteiger partial charge in [-0.25, -0.2) is 0 Å². The van der Waals surface area contributed by atoms with E-state index in [0.717, 1.165) is 5.57 Å². The molecule has 0 aromatic heterocycles. The van der Waals surface area contributed by atoms with E-state index in [9.17, 15) is 14.9 Å². The fourth-order valence-corrected chi connectivity index (χ4v) is 3.85. The highest BCUT2D eigenvalue weighted by Crippen LogP contribution is 2.45. The van der Waals surface area contributed by atoms with Crippen LogP contribution in [-0.4, -0.2) is 27.0 Å². The van der Waals surface area contributed by atoms with Gasteiger partial charge in [0.15, 0.2) is 0 Å². The summed E-state index contributed by atoms with van der Waals surface area (Å²) in [7, 11) is 0. The molecule has 26 heavy (non-hydrogen) atoms. The standard InChI is InChI=1S/C20H27N3O2S/c1-11-12(2)16(24)22-15(11)14(17(25)26-18(3,4)5)13-9-19(6,7)20(8,10-21)23-13/h9H2,1-8H3,(H,22,24)/b15-14+. The van der Waals surface area contributed by atoms with Gasteiger partial charge in [-0.15, -0.1) is 0 Å². The number of nitrogens with one attached hydrogen (secondary N) is 1. The number of allylic oxidation sites excluding steroid dienone is 1. The third kappa shape index (κ3) is 3.50. The second-order valence-corrected chi connectivity index (χ2v) is 10.6. The molecule has 0 saturated carbocycles. The molecule has 1 unspecified atom stereocenters. The zero-order valence-electron chi connectivity index (χ0n) is 16.8. The molecule has 0 fully saturated rings. The van der Waals surface area contributed by atoms with E-state index in [0.29, 0.717) is 29.0 Å². The molecule has 1 amide bonds. The summed E-state index contributed by atoms with van der Waals surface area (Å²) >= 11 is 1.22. The van der Waals surface area contributed by atoms with Gasteiger partial charge < -0.3 is 5.32 Å². The summed E-state index contributed by atoms with van der Waals surface area (Å²) in [6.45, 7) is 15.3. The molecule has 2 aliphatic heterocycles. The third-order valence-electron chi connectivity index (χ3n) is 5.16. The number of carbonyl (C=O) groups is 2. The number of aliphatic imine (C=N–C) groups is 1. The van der Waals surface area contributed by atoms with Gasteiger partial charge in [0.25, 0.3) is 5.91 Å². The fraction of sp³-hybridized carbons (Fsp3) is 0.600. The predicted octanol–water partition coefficient (Wildman–Crippen LogP) is 3.92. The number of hydrogen-bond donors (Lipinski definition) is 1. The lowest BCUT2D eigenvalue weighted by molar-refractivity contribution is -0.116. The summed E-state index contributed by atoms with van der Waals surface area (Å²) in [5.74, 6) is -0.190. The molecule has 0 bridgehead atoms. The van der Waals surface area contributed by atoms with Crippen LogP contribution in [0.25, 0.3) is 0 Å². The smallest absolute Gasteiger partial charge is 0.251 e. The number of carbonyl (C=O) groups excluding carboxylic acids is 2. The molecule has 2 aliphatic rings. The molecule has 140 valence electrons. The zero-order chi connectivity index (χ0) is 20.1. The minimum atomic E-state index is -0.907. The third-order valence-corrected chi connectivity index (χ3v) is 6.16. The summed E-state index contributed by atoms with van der Waals surface area (Å²) in [5.41, 5.74) is 1.63. The number of nitrogens with zero attached hydrogens (tertiary/aromatic N) is 2. The Morgan fingerprint density at radius 1 is 1.23 bits per heavy atom. The summed E-state index contributed by atoms with van der Waals surface area (Å²) in [5, 5.41) is 12.4. The Labute approximate surface area is 160 Å². The molecule has 0 spiro atoms. The molecule has 0 aliphatic carbocycles. The molecular weight excluding hydrogens is 346 g/mol. The number of thioether (sulfide) groups is 1. The van der Waals surface area contributed by atoms with E-state index in [4.69, 9.17) is 0 Å². The lowest BCUT2D eigenvalue weighted by atomic mass is 9.74. The van der Waals surface area contributed by atoms with Crippen LogP contribution in [0.2, 0.25) is 0 Å². The van der Waals surface area contributed by atoms with Crippen LogP contribution >= 0.6 is 11.8 Å². The van der Waals surface area contributed by atoms with Crippen LogP contribution in [0.4, 0.5) is 0 Å². The Hall–Kier alpha value is -1.87. The highest BCUT2D eigenvalue weighted by molar-refractivity contribution is 8.15. The molecule has 0 aromatic rings. The molecule has 6 heteroatoms. The van der Waals surface area contributed by atoms with Crippen LogP contribution in [0.1, 0.15) is 61.8 Å². The Morgan fingerprint density at radius 2 is 1.81 bits per heavy atom. The molecule has 5 nitrogen and oxygen atoms in total. The molecule has 0 saturated heterocycles. The maximum atomic E-state index is 13.2. The second kappa shape index (κ2) is 6.38. The normalized spacial score (nSPS) is 27.2. The van der Waals surface area contributed by atoms with E-state index in [-0.39, 0.29) is 15.8 Å². The maximum Gasteiger partial charge on any atom is 0.251 e. The zero-order valence-corrected chi connectivity index (χ0v) is 17.6. The number of nitriles is 1. The first-order valence-corrected chi connectivity index (χ1v) is 9.51. The van der Waals surface area contributed by atoms with Gasteiger partial charge in [-0.3, -0.25) is 14.6 Å². The first-order chi connectivity index (χ1) is 11.7. The molecular formula is C20H27N3O2S. The van der Waals surface area contributed by atoms with Crippen molar-refractivity contribution in [1.82, 2.24) is 5.32 Å². The van der Waals surface area contributed by atoms with Crippen LogP contribution in [-0.2, 0) is 9.59 Å². The number of amides is 1. The van der Waals surface area contributed by atoms with Crippen LogP contribution < -0.4 is 5.32 Å². The summed E-state index contributed by atoms with van der Waals surface area (Å²) in [6.07, 6.45) is 0.508. The Kier molecular flexibility index (Phi) is 5.02. The average Bonchev–Trinajstić information content (AvgIpc) is 2.86. The van der Waals surface area contributed by atoms with Crippen molar-refractivity contribution in [2.24, 2.45) is 10.4 Å². The molecule has 2 rings (SSSR count). The van der Waals surface area contributed by atoms with Crippen molar-refractivity contribution in [3.05, 3.63) is 22.4 Å². The first kappa shape index (κ1) is 20.4. The summed E-state index contributed by atoms with van der Waals surface area (Å²) < 4.78 is -0.272. The van der Waals surface area contributed by atoms with Gasteiger partial charge in [0.2, 0.25) is 5.12 Å². The quantitative estimate of drug-likeness (QED) is 0.744. The minimum Gasteiger partial charge on any atom is -0.321 e. The lowest BCUT2D eigenvalue weighted by Crippen LogP contribution is -2.34. The highest BCUT2D eigenvalue weighted by Gasteiger charge is 2.49. The number of rotatable bonds is 2. The van der Waals surface area contributed by atoms with Crippen molar-refractivity contribution in [2.45, 2.75) is 72.1 Å². The second-order valence-electron chi connectivity index (χ2n) is 8.76. The van der Waals surface area contributed by atoms with Crippen molar-refractivity contribution in [3.8, 4) is 6.07 Å². The van der Waals surface area contributed by atoms with Gasteiger partial charge in [0, 0.05) is 15.7 Å². The predicted molar refractivity (Wildman–Crippen MR) is 106 cm³/mol. The lowest BCUT2D eigenvalue weighted by Gasteiger charge is -2.29. The SMILES string of the molecule is CC1=C(C)/C(=C(\C(=O)SC(C)(C)C)C2=NC(C)(C#N)C(C)(C)C2)NC1=O. The molecule has 0 radical (unpaired) electrons. The van der Waals surface area contributed by atoms with Crippen molar-refractivity contribution >= 4 is 28.5 Å². The van der Waals surface area contributed by atoms with Crippen molar-refractivity contribution in [1.29, 1.82) is 5.26 Å². The van der Waals surface area contributed by atoms with Crippen molar-refractivity contribution in [2.75, 3.05) is 0 Å². The van der Waals surface area contributed by atoms with E-state index in [1.54, 1.807) is 13.8 Å². The highest BCUT2D eigenvalue weighted by atomic mass is 32.2. The number of hydrogen-bond acceptors (Lipinski definition) is 5. The van der Waals surface area contributed by atoms with Gasteiger partial charge in [-0.05, 0) is 32.8 Å². The Balaban J connectivity index is 2.66. The van der Waals surface area contributed by atoms with Gasteiger partial charge in [0.1, 0.15) is 5.54 Å². The van der Waals surface area contributed by atoms with E-state index in [2.05, 4.69) is 16.4 Å². The summed E-state index contributed by atoms with van der Waals surface area (Å²) in [6, 6.07) is 2.29. The molecule has 2 heterocycles. The van der Waals surface area contributed by atoms with Crippen LogP contribution in [0.15, 0.2) is 27.4 Å². The Morgan fingerprint density at radius 3 is 2.19 bits per heavy atom. The Bertz CT molecular complexity index is 819. The van der Waals surface area contributed by atoms with Gasteiger partial charge in [-0.1, -0.05) is 46.4 Å². The summed E-state index contributed by atoms with van der Waals surface area (Å²) in [4.78, 5) is 30.0. The minimum absolute atomic E-state index is 0.126.